The van der Waals surface area contributed by atoms with E-state index in [2.05, 4.69) is 27.4 Å². The highest BCUT2D eigenvalue weighted by Crippen LogP contribution is 2.22. The summed E-state index contributed by atoms with van der Waals surface area (Å²) in [6.45, 7) is 16.0. The summed E-state index contributed by atoms with van der Waals surface area (Å²) in [7, 11) is 0. The van der Waals surface area contributed by atoms with E-state index >= 15 is 0 Å². The van der Waals surface area contributed by atoms with Gasteiger partial charge in [0, 0.05) is 12.0 Å². The Morgan fingerprint density at radius 2 is 1.67 bits per heavy atom. The van der Waals surface area contributed by atoms with E-state index in [0.29, 0.717) is 18.6 Å². The Balaban J connectivity index is 4.19. The van der Waals surface area contributed by atoms with Crippen molar-refractivity contribution in [2.75, 3.05) is 6.61 Å². The largest absolute Gasteiger partial charge is 0.456 e. The van der Waals surface area contributed by atoms with Gasteiger partial charge in [-0.25, -0.2) is 4.79 Å². The van der Waals surface area contributed by atoms with Crippen molar-refractivity contribution in [3.63, 3.8) is 0 Å². The molecule has 0 aliphatic heterocycles. The number of esters is 1. The van der Waals surface area contributed by atoms with Gasteiger partial charge < -0.3 is 9.47 Å². The molecule has 0 unspecified atom stereocenters. The summed E-state index contributed by atoms with van der Waals surface area (Å²) in [6, 6.07) is 0. The third-order valence-corrected chi connectivity index (χ3v) is 3.37. The molecule has 0 bridgehead atoms. The first-order chi connectivity index (χ1) is 8.16. The number of hydrogen-bond donors (Lipinski definition) is 0. The molecule has 0 aromatic carbocycles. The van der Waals surface area contributed by atoms with Gasteiger partial charge in [-0.15, -0.1) is 0 Å². The SMILES string of the molecule is C=C(C)C(=O)OC(C)(C)CCOC(C)(CC)CC. The second-order valence-electron chi connectivity index (χ2n) is 5.69. The summed E-state index contributed by atoms with van der Waals surface area (Å²) in [5.74, 6) is -0.339. The first kappa shape index (κ1) is 17.2. The van der Waals surface area contributed by atoms with Crippen LogP contribution in [0.25, 0.3) is 0 Å². The van der Waals surface area contributed by atoms with Gasteiger partial charge in [0.2, 0.25) is 0 Å². The molecule has 0 atom stereocenters. The fourth-order valence-corrected chi connectivity index (χ4v) is 1.39. The third kappa shape index (κ3) is 6.20. The van der Waals surface area contributed by atoms with Gasteiger partial charge in [0.15, 0.2) is 0 Å². The van der Waals surface area contributed by atoms with Crippen LogP contribution >= 0.6 is 0 Å². The molecule has 0 N–H and O–H groups in total. The van der Waals surface area contributed by atoms with Crippen molar-refractivity contribution >= 4 is 5.97 Å². The van der Waals surface area contributed by atoms with Crippen LogP contribution in [0.1, 0.15) is 60.8 Å². The van der Waals surface area contributed by atoms with Crippen LogP contribution in [0.3, 0.4) is 0 Å². The van der Waals surface area contributed by atoms with E-state index in [0.717, 1.165) is 12.8 Å². The number of ether oxygens (including phenoxy) is 2. The van der Waals surface area contributed by atoms with Crippen molar-refractivity contribution in [2.24, 2.45) is 0 Å². The van der Waals surface area contributed by atoms with Gasteiger partial charge in [-0.05, 0) is 40.5 Å². The maximum absolute atomic E-state index is 11.5. The molecule has 0 aromatic rings. The molecule has 0 radical (unpaired) electrons. The highest BCUT2D eigenvalue weighted by molar-refractivity contribution is 5.87. The van der Waals surface area contributed by atoms with E-state index in [1.54, 1.807) is 6.92 Å². The molecule has 18 heavy (non-hydrogen) atoms. The van der Waals surface area contributed by atoms with Gasteiger partial charge in [-0.2, -0.15) is 0 Å². The van der Waals surface area contributed by atoms with Gasteiger partial charge in [0.05, 0.1) is 12.2 Å². The topological polar surface area (TPSA) is 35.5 Å². The Morgan fingerprint density at radius 3 is 2.06 bits per heavy atom. The first-order valence-electron chi connectivity index (χ1n) is 6.68. The minimum Gasteiger partial charge on any atom is -0.456 e. The standard InChI is InChI=1S/C15H28O3/c1-8-15(7,9-2)17-11-10-14(5,6)18-13(16)12(3)4/h3,8-11H2,1-2,4-7H3. The predicted molar refractivity (Wildman–Crippen MR) is 74.5 cm³/mol. The smallest absolute Gasteiger partial charge is 0.333 e. The van der Waals surface area contributed by atoms with Gasteiger partial charge in [-0.3, -0.25) is 0 Å². The summed E-state index contributed by atoms with van der Waals surface area (Å²) < 4.78 is 11.3. The van der Waals surface area contributed by atoms with Crippen LogP contribution in [0, 0.1) is 0 Å². The van der Waals surface area contributed by atoms with Gasteiger partial charge in [0.25, 0.3) is 0 Å². The molecule has 3 nitrogen and oxygen atoms in total. The second kappa shape index (κ2) is 6.93. The lowest BCUT2D eigenvalue weighted by molar-refractivity contribution is -0.154. The van der Waals surface area contributed by atoms with Gasteiger partial charge in [0.1, 0.15) is 5.60 Å². The zero-order valence-electron chi connectivity index (χ0n) is 12.8. The predicted octanol–water partition coefficient (Wildman–Crippen LogP) is 3.87. The summed E-state index contributed by atoms with van der Waals surface area (Å²) in [4.78, 5) is 11.5. The summed E-state index contributed by atoms with van der Waals surface area (Å²) >= 11 is 0. The Bertz CT molecular complexity index is 288. The minimum absolute atomic E-state index is 0.0750. The van der Waals surface area contributed by atoms with E-state index in [1.807, 2.05) is 13.8 Å². The van der Waals surface area contributed by atoms with Crippen LogP contribution < -0.4 is 0 Å². The van der Waals surface area contributed by atoms with Crippen LogP contribution in [0.15, 0.2) is 12.2 Å². The highest BCUT2D eigenvalue weighted by atomic mass is 16.6. The Labute approximate surface area is 112 Å². The monoisotopic (exact) mass is 256 g/mol. The fourth-order valence-electron chi connectivity index (χ4n) is 1.39. The molecule has 3 heteroatoms. The van der Waals surface area contributed by atoms with Crippen molar-refractivity contribution in [1.29, 1.82) is 0 Å². The Kier molecular flexibility index (Phi) is 6.61. The molecule has 0 amide bonds. The molecule has 0 spiro atoms. The lowest BCUT2D eigenvalue weighted by Crippen LogP contribution is -2.33. The molecular formula is C15H28O3. The van der Waals surface area contributed by atoms with Crippen molar-refractivity contribution in [3.8, 4) is 0 Å². The average Bonchev–Trinajstić information content (AvgIpc) is 2.27. The van der Waals surface area contributed by atoms with Crippen LogP contribution in [0.5, 0.6) is 0 Å². The number of carbonyl (C=O) groups is 1. The van der Waals surface area contributed by atoms with E-state index < -0.39 is 5.60 Å². The summed E-state index contributed by atoms with van der Waals surface area (Å²) in [6.07, 6.45) is 2.65. The third-order valence-electron chi connectivity index (χ3n) is 3.37. The molecule has 0 aromatic heterocycles. The van der Waals surface area contributed by atoms with Crippen molar-refractivity contribution < 1.29 is 14.3 Å². The van der Waals surface area contributed by atoms with Gasteiger partial charge in [-0.1, -0.05) is 20.4 Å². The van der Waals surface area contributed by atoms with E-state index in [1.165, 1.54) is 0 Å². The molecule has 0 rings (SSSR count). The van der Waals surface area contributed by atoms with Crippen LogP contribution in [0.2, 0.25) is 0 Å². The zero-order valence-corrected chi connectivity index (χ0v) is 12.8. The molecular weight excluding hydrogens is 228 g/mol. The molecule has 106 valence electrons. The zero-order chi connectivity index (χ0) is 14.4. The van der Waals surface area contributed by atoms with Crippen LogP contribution in [-0.2, 0) is 14.3 Å². The minimum atomic E-state index is -0.515. The molecule has 0 aliphatic rings. The van der Waals surface area contributed by atoms with E-state index in [-0.39, 0.29) is 11.6 Å². The lowest BCUT2D eigenvalue weighted by Gasteiger charge is -2.30. The van der Waals surface area contributed by atoms with E-state index in [9.17, 15) is 4.79 Å². The molecule has 0 saturated carbocycles. The number of hydrogen-bond acceptors (Lipinski definition) is 3. The number of rotatable bonds is 8. The molecule has 0 aliphatic carbocycles. The average molecular weight is 256 g/mol. The number of carbonyl (C=O) groups excluding carboxylic acids is 1. The van der Waals surface area contributed by atoms with Gasteiger partial charge >= 0.3 is 5.97 Å². The van der Waals surface area contributed by atoms with Crippen molar-refractivity contribution in [2.45, 2.75) is 72.0 Å². The summed E-state index contributed by atoms with van der Waals surface area (Å²) in [5, 5.41) is 0. The summed E-state index contributed by atoms with van der Waals surface area (Å²) in [5.41, 5.74) is -0.164. The van der Waals surface area contributed by atoms with Crippen molar-refractivity contribution in [1.82, 2.24) is 0 Å². The Morgan fingerprint density at radius 1 is 1.17 bits per heavy atom. The van der Waals surface area contributed by atoms with Crippen LogP contribution in [-0.4, -0.2) is 23.8 Å². The second-order valence-corrected chi connectivity index (χ2v) is 5.69. The first-order valence-corrected chi connectivity index (χ1v) is 6.68. The van der Waals surface area contributed by atoms with E-state index in [4.69, 9.17) is 9.47 Å². The maximum Gasteiger partial charge on any atom is 0.333 e. The highest BCUT2D eigenvalue weighted by Gasteiger charge is 2.26. The van der Waals surface area contributed by atoms with Crippen LogP contribution in [0.4, 0.5) is 0 Å². The fraction of sp³-hybridized carbons (Fsp3) is 0.800. The van der Waals surface area contributed by atoms with Crippen molar-refractivity contribution in [3.05, 3.63) is 12.2 Å². The molecule has 0 saturated heterocycles. The molecule has 0 fully saturated rings. The quantitative estimate of drug-likeness (QED) is 0.488. The Hall–Kier alpha value is -0.830. The lowest BCUT2D eigenvalue weighted by atomic mass is 9.99. The normalized spacial score (nSPS) is 12.3. The maximum atomic E-state index is 11.5. The molecule has 0 heterocycles.